The summed E-state index contributed by atoms with van der Waals surface area (Å²) in [5.41, 5.74) is 1.82. The summed E-state index contributed by atoms with van der Waals surface area (Å²) in [5, 5.41) is 1.90. The summed E-state index contributed by atoms with van der Waals surface area (Å²) in [6, 6.07) is 12.1. The van der Waals surface area contributed by atoms with Crippen molar-refractivity contribution in [1.82, 2.24) is 19.7 Å². The number of halogens is 3. The second kappa shape index (κ2) is 11.2. The Morgan fingerprint density at radius 3 is 2.60 bits per heavy atom. The first-order valence-corrected chi connectivity index (χ1v) is 15.0. The number of fused-ring (bicyclic) bond motifs is 2. The van der Waals surface area contributed by atoms with E-state index in [4.69, 9.17) is 4.74 Å². The minimum Gasteiger partial charge on any atom is -0.376 e. The minimum atomic E-state index is -4.35. The van der Waals surface area contributed by atoms with Gasteiger partial charge in [-0.1, -0.05) is 18.2 Å². The third-order valence-corrected chi connectivity index (χ3v) is 9.78. The maximum atomic E-state index is 13.5. The number of carbonyl (C=O) groups is 1. The Bertz CT molecular complexity index is 1450. The summed E-state index contributed by atoms with van der Waals surface area (Å²) < 4.78 is 46.4. The van der Waals surface area contributed by atoms with Crippen LogP contribution in [0.3, 0.4) is 0 Å². The minimum absolute atomic E-state index is 0.0195. The Kier molecular flexibility index (Phi) is 7.79. The van der Waals surface area contributed by atoms with Gasteiger partial charge in [0, 0.05) is 80.7 Å². The van der Waals surface area contributed by atoms with Gasteiger partial charge in [0.25, 0.3) is 5.91 Å². The molecule has 6 rings (SSSR count). The van der Waals surface area contributed by atoms with Crippen molar-refractivity contribution in [3.63, 3.8) is 0 Å². The highest BCUT2D eigenvalue weighted by Gasteiger charge is 2.45. The van der Waals surface area contributed by atoms with E-state index < -0.39 is 11.7 Å². The van der Waals surface area contributed by atoms with Crippen molar-refractivity contribution in [2.75, 3.05) is 39.3 Å². The van der Waals surface area contributed by atoms with Gasteiger partial charge in [0.15, 0.2) is 0 Å². The molecule has 2 aliphatic heterocycles. The van der Waals surface area contributed by atoms with Crippen molar-refractivity contribution < 1.29 is 22.7 Å². The third kappa shape index (κ3) is 5.31. The number of ether oxygens (including phenoxy) is 1. The maximum absolute atomic E-state index is 13.5. The third-order valence-electron chi connectivity index (χ3n) is 9.78. The van der Waals surface area contributed by atoms with Gasteiger partial charge in [0.2, 0.25) is 0 Å². The van der Waals surface area contributed by atoms with E-state index in [9.17, 15) is 18.0 Å². The first-order valence-electron chi connectivity index (χ1n) is 15.0. The monoisotopic (exact) mass is 580 g/mol. The van der Waals surface area contributed by atoms with Gasteiger partial charge in [0.1, 0.15) is 0 Å². The molecule has 3 aromatic rings. The molecule has 3 heterocycles. The zero-order valence-corrected chi connectivity index (χ0v) is 24.5. The van der Waals surface area contributed by atoms with Crippen LogP contribution in [0.25, 0.3) is 10.8 Å². The number of hydrogen-bond acceptors (Lipinski definition) is 5. The van der Waals surface area contributed by atoms with E-state index >= 15 is 0 Å². The van der Waals surface area contributed by atoms with Crippen LogP contribution >= 0.6 is 0 Å². The van der Waals surface area contributed by atoms with Crippen molar-refractivity contribution in [2.45, 2.75) is 69.9 Å². The number of hydrogen-bond donors (Lipinski definition) is 0. The van der Waals surface area contributed by atoms with Gasteiger partial charge in [-0.25, -0.2) is 0 Å². The van der Waals surface area contributed by atoms with E-state index in [1.807, 2.05) is 36.1 Å². The fourth-order valence-electron chi connectivity index (χ4n) is 7.39. The zero-order chi connectivity index (χ0) is 29.6. The molecule has 0 N–H and O–H groups in total. The standard InChI is InChI=1S/C33H39F3N4O2/c1-4-42-29-19-24-18-25(33(34,35)36)8-9-27(24)30(29)40-17-16-39(21-22(40)2)32(3)11-14-38(15-12-32)31(41)28-7-5-6-23-20-37-13-10-26(23)28/h5-10,13,18,20,22,29-30H,4,11-12,14-17,19,21H2,1-3H3/t22-,29?,30?/m0/s1. The summed E-state index contributed by atoms with van der Waals surface area (Å²) >= 11 is 0. The van der Waals surface area contributed by atoms with Crippen LogP contribution in [0, 0.1) is 0 Å². The first kappa shape index (κ1) is 29.1. The molecule has 3 atom stereocenters. The number of pyridine rings is 1. The van der Waals surface area contributed by atoms with Crippen molar-refractivity contribution >= 4 is 16.7 Å². The molecule has 42 heavy (non-hydrogen) atoms. The van der Waals surface area contributed by atoms with E-state index in [1.165, 1.54) is 12.1 Å². The Balaban J connectivity index is 1.13. The van der Waals surface area contributed by atoms with E-state index in [2.05, 4.69) is 28.6 Å². The van der Waals surface area contributed by atoms with Crippen LogP contribution in [0.15, 0.2) is 54.9 Å². The number of nitrogens with zero attached hydrogens (tertiary/aromatic N) is 4. The summed E-state index contributed by atoms with van der Waals surface area (Å²) in [6.45, 7) is 11.0. The van der Waals surface area contributed by atoms with Gasteiger partial charge in [-0.15, -0.1) is 0 Å². The van der Waals surface area contributed by atoms with Gasteiger partial charge in [0.05, 0.1) is 17.7 Å². The summed E-state index contributed by atoms with van der Waals surface area (Å²) in [7, 11) is 0. The van der Waals surface area contributed by atoms with E-state index in [0.29, 0.717) is 26.1 Å². The molecule has 0 spiro atoms. The molecule has 1 aromatic heterocycles. The molecule has 2 unspecified atom stereocenters. The molecule has 0 bridgehead atoms. The number of piperidine rings is 1. The molecule has 1 aliphatic carbocycles. The predicted octanol–water partition coefficient (Wildman–Crippen LogP) is 5.96. The van der Waals surface area contributed by atoms with Crippen LogP contribution in [0.4, 0.5) is 13.2 Å². The van der Waals surface area contributed by atoms with Crippen molar-refractivity contribution in [3.05, 3.63) is 77.1 Å². The molecule has 9 heteroatoms. The van der Waals surface area contributed by atoms with Crippen LogP contribution in [-0.4, -0.2) is 82.6 Å². The quantitative estimate of drug-likeness (QED) is 0.373. The number of alkyl halides is 3. The second-order valence-corrected chi connectivity index (χ2v) is 12.3. The number of aromatic nitrogens is 1. The van der Waals surface area contributed by atoms with Gasteiger partial charge in [-0.2, -0.15) is 13.2 Å². The highest BCUT2D eigenvalue weighted by Crippen LogP contribution is 2.43. The summed E-state index contributed by atoms with van der Waals surface area (Å²) in [4.78, 5) is 24.7. The van der Waals surface area contributed by atoms with Crippen molar-refractivity contribution in [1.29, 1.82) is 0 Å². The number of likely N-dealkylation sites (tertiary alicyclic amines) is 1. The summed E-state index contributed by atoms with van der Waals surface area (Å²) in [6.07, 6.45) is 1.30. The highest BCUT2D eigenvalue weighted by molar-refractivity contribution is 6.06. The fraction of sp³-hybridized carbons (Fsp3) is 0.515. The van der Waals surface area contributed by atoms with Crippen LogP contribution < -0.4 is 0 Å². The fourth-order valence-corrected chi connectivity index (χ4v) is 7.39. The molecule has 3 aliphatic rings. The molecular formula is C33H39F3N4O2. The SMILES string of the molecule is CCOC1Cc2cc(C(F)(F)F)ccc2C1N1CCN(C2(C)CCN(C(=O)c3cccc4cnccc34)CC2)C[C@@H]1C. The molecule has 2 saturated heterocycles. The largest absolute Gasteiger partial charge is 0.416 e. The van der Waals surface area contributed by atoms with Crippen LogP contribution in [0.5, 0.6) is 0 Å². The first-order chi connectivity index (χ1) is 20.1. The summed E-state index contributed by atoms with van der Waals surface area (Å²) in [5.74, 6) is 0.0718. The van der Waals surface area contributed by atoms with Gasteiger partial charge in [-0.05, 0) is 74.4 Å². The lowest BCUT2D eigenvalue weighted by molar-refractivity contribution is -0.137. The second-order valence-electron chi connectivity index (χ2n) is 12.3. The molecule has 6 nitrogen and oxygen atoms in total. The van der Waals surface area contributed by atoms with E-state index in [1.54, 1.807) is 18.5 Å². The van der Waals surface area contributed by atoms with Crippen LogP contribution in [-0.2, 0) is 17.3 Å². The maximum Gasteiger partial charge on any atom is 0.416 e. The number of benzene rings is 2. The Morgan fingerprint density at radius 1 is 1.10 bits per heavy atom. The van der Waals surface area contributed by atoms with Gasteiger partial charge < -0.3 is 9.64 Å². The van der Waals surface area contributed by atoms with Crippen molar-refractivity contribution in [2.24, 2.45) is 0 Å². The molecule has 2 fully saturated rings. The smallest absolute Gasteiger partial charge is 0.376 e. The molecule has 0 radical (unpaired) electrons. The van der Waals surface area contributed by atoms with Gasteiger partial charge >= 0.3 is 6.18 Å². The number of amides is 1. The molecular weight excluding hydrogens is 541 g/mol. The number of rotatable bonds is 5. The Hall–Kier alpha value is -3.01. The molecule has 224 valence electrons. The van der Waals surface area contributed by atoms with Gasteiger partial charge in [-0.3, -0.25) is 19.6 Å². The molecule has 2 aromatic carbocycles. The average Bonchev–Trinajstić information content (AvgIpc) is 3.33. The lowest BCUT2D eigenvalue weighted by atomic mass is 9.86. The Morgan fingerprint density at radius 2 is 1.88 bits per heavy atom. The van der Waals surface area contributed by atoms with Crippen LogP contribution in [0.1, 0.15) is 66.7 Å². The lowest BCUT2D eigenvalue weighted by Gasteiger charge is -2.53. The van der Waals surface area contributed by atoms with E-state index in [0.717, 1.165) is 59.9 Å². The predicted molar refractivity (Wildman–Crippen MR) is 156 cm³/mol. The average molecular weight is 581 g/mol. The van der Waals surface area contributed by atoms with Crippen molar-refractivity contribution in [3.8, 4) is 0 Å². The number of carbonyl (C=O) groups excluding carboxylic acids is 1. The lowest BCUT2D eigenvalue weighted by Crippen LogP contribution is -2.62. The Labute approximate surface area is 245 Å². The topological polar surface area (TPSA) is 48.9 Å². The van der Waals surface area contributed by atoms with E-state index in [-0.39, 0.29) is 29.6 Å². The molecule has 0 saturated carbocycles. The molecule has 1 amide bonds. The van der Waals surface area contributed by atoms with Crippen LogP contribution in [0.2, 0.25) is 0 Å². The zero-order valence-electron chi connectivity index (χ0n) is 24.5. The highest BCUT2D eigenvalue weighted by atomic mass is 19.4. The number of piperazine rings is 1. The normalized spacial score (nSPS) is 25.1.